The molecule has 5 nitrogen and oxygen atoms in total. The number of likely N-dealkylation sites (tertiary alicyclic amines) is 1. The summed E-state index contributed by atoms with van der Waals surface area (Å²) in [6.07, 6.45) is 1.70. The Morgan fingerprint density at radius 2 is 2.00 bits per heavy atom. The third-order valence-electron chi connectivity index (χ3n) is 3.51. The maximum absolute atomic E-state index is 11.2. The molecule has 0 aliphatic carbocycles. The summed E-state index contributed by atoms with van der Waals surface area (Å²) in [5, 5.41) is 12.6. The zero-order chi connectivity index (χ0) is 14.7. The summed E-state index contributed by atoms with van der Waals surface area (Å²) in [7, 11) is 0. The Labute approximate surface area is 122 Å². The number of carbonyl (C=O) groups is 2. The zero-order valence-electron chi connectivity index (χ0n) is 11.2. The number of rotatable bonds is 3. The number of carboxylic acids is 1. The van der Waals surface area contributed by atoms with Gasteiger partial charge in [-0.05, 0) is 31.0 Å². The van der Waals surface area contributed by atoms with Crippen molar-refractivity contribution >= 4 is 29.2 Å². The van der Waals surface area contributed by atoms with Crippen LogP contribution in [0.3, 0.4) is 0 Å². The first-order chi connectivity index (χ1) is 9.47. The van der Waals surface area contributed by atoms with Crippen LogP contribution in [0.4, 0.5) is 5.69 Å². The molecule has 1 aliphatic heterocycles. The van der Waals surface area contributed by atoms with E-state index in [1.54, 1.807) is 25.1 Å². The van der Waals surface area contributed by atoms with Gasteiger partial charge in [0.15, 0.2) is 0 Å². The number of carboxylic acid groups (broad SMARTS) is 1. The lowest BCUT2D eigenvalue weighted by atomic mass is 10.0. The van der Waals surface area contributed by atoms with Crippen LogP contribution in [0.2, 0.25) is 5.02 Å². The van der Waals surface area contributed by atoms with Crippen LogP contribution in [-0.4, -0.2) is 41.0 Å². The fraction of sp³-hybridized carbons (Fsp3) is 0.429. The van der Waals surface area contributed by atoms with Gasteiger partial charge in [-0.3, -0.25) is 4.79 Å². The molecule has 20 heavy (non-hydrogen) atoms. The van der Waals surface area contributed by atoms with E-state index < -0.39 is 5.97 Å². The first-order valence-corrected chi connectivity index (χ1v) is 6.90. The average molecular weight is 297 g/mol. The van der Waals surface area contributed by atoms with Gasteiger partial charge in [-0.25, -0.2) is 4.79 Å². The van der Waals surface area contributed by atoms with Gasteiger partial charge < -0.3 is 15.3 Å². The SMILES string of the molecule is CC(=O)N1CCC(Nc2ccc(Cl)c(C(=O)O)c2)CC1. The van der Waals surface area contributed by atoms with Crippen molar-refractivity contribution in [2.24, 2.45) is 0 Å². The number of hydrogen-bond donors (Lipinski definition) is 2. The molecule has 1 heterocycles. The Kier molecular flexibility index (Phi) is 4.49. The normalized spacial score (nSPS) is 16.0. The Hall–Kier alpha value is -1.75. The number of anilines is 1. The highest BCUT2D eigenvalue weighted by Gasteiger charge is 2.20. The highest BCUT2D eigenvalue weighted by atomic mass is 35.5. The molecule has 1 aromatic carbocycles. The molecule has 0 atom stereocenters. The van der Waals surface area contributed by atoms with Crippen molar-refractivity contribution in [1.82, 2.24) is 4.90 Å². The maximum atomic E-state index is 11.2. The van der Waals surface area contributed by atoms with Crippen LogP contribution in [0.25, 0.3) is 0 Å². The van der Waals surface area contributed by atoms with E-state index in [1.165, 1.54) is 0 Å². The van der Waals surface area contributed by atoms with Crippen LogP contribution in [0.5, 0.6) is 0 Å². The molecular formula is C14H17ClN2O3. The van der Waals surface area contributed by atoms with Gasteiger partial charge in [0.05, 0.1) is 10.6 Å². The fourth-order valence-electron chi connectivity index (χ4n) is 2.35. The van der Waals surface area contributed by atoms with Gasteiger partial charge in [0, 0.05) is 31.7 Å². The zero-order valence-corrected chi connectivity index (χ0v) is 12.0. The Morgan fingerprint density at radius 1 is 1.35 bits per heavy atom. The minimum Gasteiger partial charge on any atom is -0.478 e. The number of nitrogens with zero attached hydrogens (tertiary/aromatic N) is 1. The van der Waals surface area contributed by atoms with E-state index in [0.717, 1.165) is 31.6 Å². The van der Waals surface area contributed by atoms with Crippen molar-refractivity contribution in [3.8, 4) is 0 Å². The molecule has 2 N–H and O–H groups in total. The first-order valence-electron chi connectivity index (χ1n) is 6.52. The Morgan fingerprint density at radius 3 is 2.55 bits per heavy atom. The van der Waals surface area contributed by atoms with E-state index in [1.807, 2.05) is 4.90 Å². The lowest BCUT2D eigenvalue weighted by Crippen LogP contribution is -2.41. The molecule has 1 saturated heterocycles. The van der Waals surface area contributed by atoms with Crippen LogP contribution in [-0.2, 0) is 4.79 Å². The second-order valence-electron chi connectivity index (χ2n) is 4.92. The van der Waals surface area contributed by atoms with Crippen molar-refractivity contribution in [2.45, 2.75) is 25.8 Å². The first kappa shape index (κ1) is 14.7. The van der Waals surface area contributed by atoms with Crippen LogP contribution in [0.1, 0.15) is 30.1 Å². The third kappa shape index (κ3) is 3.42. The molecule has 6 heteroatoms. The molecule has 0 spiro atoms. The summed E-state index contributed by atoms with van der Waals surface area (Å²) in [6, 6.07) is 5.14. The van der Waals surface area contributed by atoms with Crippen LogP contribution in [0, 0.1) is 0 Å². The van der Waals surface area contributed by atoms with Gasteiger partial charge in [0.25, 0.3) is 0 Å². The number of nitrogens with one attached hydrogen (secondary N) is 1. The summed E-state index contributed by atoms with van der Waals surface area (Å²) < 4.78 is 0. The van der Waals surface area contributed by atoms with Crippen molar-refractivity contribution in [2.75, 3.05) is 18.4 Å². The molecule has 1 aromatic rings. The smallest absolute Gasteiger partial charge is 0.337 e. The van der Waals surface area contributed by atoms with Crippen molar-refractivity contribution in [1.29, 1.82) is 0 Å². The Balaban J connectivity index is 1.99. The molecule has 108 valence electrons. The number of hydrogen-bond acceptors (Lipinski definition) is 3. The highest BCUT2D eigenvalue weighted by Crippen LogP contribution is 2.23. The summed E-state index contributed by atoms with van der Waals surface area (Å²) in [6.45, 7) is 3.03. The van der Waals surface area contributed by atoms with E-state index >= 15 is 0 Å². The van der Waals surface area contributed by atoms with Crippen LogP contribution in [0.15, 0.2) is 18.2 Å². The lowest BCUT2D eigenvalue weighted by molar-refractivity contribution is -0.129. The van der Waals surface area contributed by atoms with E-state index in [0.29, 0.717) is 0 Å². The molecule has 0 unspecified atom stereocenters. The lowest BCUT2D eigenvalue weighted by Gasteiger charge is -2.32. The standard InChI is InChI=1S/C14H17ClN2O3/c1-9(18)17-6-4-10(5-7-17)16-11-2-3-13(15)12(8-11)14(19)20/h2-3,8,10,16H,4-7H2,1H3,(H,19,20). The largest absolute Gasteiger partial charge is 0.478 e. The predicted molar refractivity (Wildman–Crippen MR) is 77.3 cm³/mol. The minimum atomic E-state index is -1.04. The molecule has 0 radical (unpaired) electrons. The van der Waals surface area contributed by atoms with Gasteiger partial charge in [-0.2, -0.15) is 0 Å². The summed E-state index contributed by atoms with van der Waals surface area (Å²) >= 11 is 5.84. The summed E-state index contributed by atoms with van der Waals surface area (Å²) in [4.78, 5) is 24.1. The predicted octanol–water partition coefficient (Wildman–Crippen LogP) is 2.46. The summed E-state index contributed by atoms with van der Waals surface area (Å²) in [5.41, 5.74) is 0.839. The molecule has 1 fully saturated rings. The van der Waals surface area contributed by atoms with Crippen molar-refractivity contribution in [3.05, 3.63) is 28.8 Å². The number of halogens is 1. The van der Waals surface area contributed by atoms with Gasteiger partial charge in [0.2, 0.25) is 5.91 Å². The van der Waals surface area contributed by atoms with Gasteiger partial charge in [0.1, 0.15) is 0 Å². The van der Waals surface area contributed by atoms with E-state index in [4.69, 9.17) is 16.7 Å². The molecule has 0 bridgehead atoms. The average Bonchev–Trinajstić information content (AvgIpc) is 2.41. The Bertz CT molecular complexity index is 525. The van der Waals surface area contributed by atoms with E-state index in [2.05, 4.69) is 5.32 Å². The maximum Gasteiger partial charge on any atom is 0.337 e. The third-order valence-corrected chi connectivity index (χ3v) is 3.84. The molecule has 2 rings (SSSR count). The van der Waals surface area contributed by atoms with Gasteiger partial charge in [-0.1, -0.05) is 11.6 Å². The van der Waals surface area contributed by atoms with Gasteiger partial charge >= 0.3 is 5.97 Å². The topological polar surface area (TPSA) is 69.6 Å². The number of carbonyl (C=O) groups excluding carboxylic acids is 1. The molecule has 1 amide bonds. The van der Waals surface area contributed by atoms with Crippen LogP contribution < -0.4 is 5.32 Å². The second kappa shape index (κ2) is 6.13. The minimum absolute atomic E-state index is 0.0952. The molecular weight excluding hydrogens is 280 g/mol. The monoisotopic (exact) mass is 296 g/mol. The number of amides is 1. The van der Waals surface area contributed by atoms with Crippen LogP contribution >= 0.6 is 11.6 Å². The molecule has 0 aromatic heterocycles. The molecule has 1 aliphatic rings. The number of piperidine rings is 1. The van der Waals surface area contributed by atoms with E-state index in [-0.39, 0.29) is 22.5 Å². The van der Waals surface area contributed by atoms with Crippen molar-refractivity contribution < 1.29 is 14.7 Å². The van der Waals surface area contributed by atoms with E-state index in [9.17, 15) is 9.59 Å². The van der Waals surface area contributed by atoms with Crippen molar-refractivity contribution in [3.63, 3.8) is 0 Å². The quantitative estimate of drug-likeness (QED) is 0.899. The summed E-state index contributed by atoms with van der Waals surface area (Å²) in [5.74, 6) is -0.937. The fourth-order valence-corrected chi connectivity index (χ4v) is 2.55. The number of benzene rings is 1. The van der Waals surface area contributed by atoms with Gasteiger partial charge in [-0.15, -0.1) is 0 Å². The highest BCUT2D eigenvalue weighted by molar-refractivity contribution is 6.33. The second-order valence-corrected chi connectivity index (χ2v) is 5.33. The molecule has 0 saturated carbocycles. The number of aromatic carboxylic acids is 1.